The first-order valence-electron chi connectivity index (χ1n) is 3.89. The molecule has 1 aromatic heterocycles. The SMILES string of the molecule is O=C(O)c1ccc2c[nH]c(=O)nc2c1. The second-order valence-electron chi connectivity index (χ2n) is 2.78. The Bertz CT molecular complexity index is 559. The van der Waals surface area contributed by atoms with Crippen molar-refractivity contribution in [1.82, 2.24) is 9.97 Å². The smallest absolute Gasteiger partial charge is 0.345 e. The van der Waals surface area contributed by atoms with Crippen LogP contribution in [-0.4, -0.2) is 21.0 Å². The summed E-state index contributed by atoms with van der Waals surface area (Å²) < 4.78 is 0. The zero-order valence-corrected chi connectivity index (χ0v) is 7.02. The Labute approximate surface area is 78.0 Å². The van der Waals surface area contributed by atoms with Gasteiger partial charge in [-0.05, 0) is 12.1 Å². The van der Waals surface area contributed by atoms with E-state index in [1.807, 2.05) is 0 Å². The highest BCUT2D eigenvalue weighted by Gasteiger charge is 2.04. The summed E-state index contributed by atoms with van der Waals surface area (Å²) >= 11 is 0. The lowest BCUT2D eigenvalue weighted by atomic mass is 10.1. The maximum absolute atomic E-state index is 10.9. The van der Waals surface area contributed by atoms with Gasteiger partial charge in [0.1, 0.15) is 0 Å². The van der Waals surface area contributed by atoms with Crippen LogP contribution in [0.3, 0.4) is 0 Å². The molecule has 1 aromatic carbocycles. The van der Waals surface area contributed by atoms with Gasteiger partial charge in [-0.15, -0.1) is 0 Å². The zero-order valence-electron chi connectivity index (χ0n) is 7.02. The van der Waals surface area contributed by atoms with Crippen LogP contribution in [0.2, 0.25) is 0 Å². The Hall–Kier alpha value is -2.17. The van der Waals surface area contributed by atoms with Crippen LogP contribution in [0.4, 0.5) is 0 Å². The van der Waals surface area contributed by atoms with Crippen LogP contribution in [0.15, 0.2) is 29.2 Å². The lowest BCUT2D eigenvalue weighted by molar-refractivity contribution is 0.0697. The molecule has 0 radical (unpaired) electrons. The van der Waals surface area contributed by atoms with E-state index in [1.165, 1.54) is 18.3 Å². The predicted octanol–water partition coefficient (Wildman–Crippen LogP) is 0.621. The van der Waals surface area contributed by atoms with Gasteiger partial charge in [-0.3, -0.25) is 0 Å². The lowest BCUT2D eigenvalue weighted by Gasteiger charge is -1.97. The van der Waals surface area contributed by atoms with Crippen molar-refractivity contribution < 1.29 is 9.90 Å². The minimum Gasteiger partial charge on any atom is -0.478 e. The second kappa shape index (κ2) is 2.95. The molecule has 0 aliphatic carbocycles. The van der Waals surface area contributed by atoms with Crippen molar-refractivity contribution >= 4 is 16.9 Å². The molecule has 0 aliphatic heterocycles. The number of carboxylic acids is 1. The molecule has 2 rings (SSSR count). The van der Waals surface area contributed by atoms with E-state index in [4.69, 9.17) is 5.11 Å². The maximum atomic E-state index is 10.9. The molecule has 0 fully saturated rings. The van der Waals surface area contributed by atoms with Crippen LogP contribution < -0.4 is 5.69 Å². The molecule has 0 amide bonds. The van der Waals surface area contributed by atoms with Crippen LogP contribution in [0.25, 0.3) is 10.9 Å². The fourth-order valence-corrected chi connectivity index (χ4v) is 1.18. The number of hydrogen-bond acceptors (Lipinski definition) is 3. The van der Waals surface area contributed by atoms with E-state index in [2.05, 4.69) is 9.97 Å². The number of nitrogens with one attached hydrogen (secondary N) is 1. The molecule has 0 aliphatic rings. The maximum Gasteiger partial charge on any atom is 0.345 e. The molecule has 70 valence electrons. The quantitative estimate of drug-likeness (QED) is 0.690. The average Bonchev–Trinajstić information content (AvgIpc) is 2.16. The number of rotatable bonds is 1. The first-order valence-corrected chi connectivity index (χ1v) is 3.89. The number of aromatic carboxylic acids is 1. The van der Waals surface area contributed by atoms with Crippen molar-refractivity contribution in [2.24, 2.45) is 0 Å². The van der Waals surface area contributed by atoms with Gasteiger partial charge in [0.15, 0.2) is 0 Å². The average molecular weight is 190 g/mol. The van der Waals surface area contributed by atoms with E-state index >= 15 is 0 Å². The number of fused-ring (bicyclic) bond motifs is 1. The van der Waals surface area contributed by atoms with Gasteiger partial charge in [-0.1, -0.05) is 6.07 Å². The number of H-pyrrole nitrogens is 1. The van der Waals surface area contributed by atoms with Crippen LogP contribution in [0, 0.1) is 0 Å². The molecule has 0 saturated carbocycles. The minimum atomic E-state index is -1.03. The van der Waals surface area contributed by atoms with Gasteiger partial charge in [0.2, 0.25) is 0 Å². The first-order chi connectivity index (χ1) is 6.66. The number of hydrogen-bond donors (Lipinski definition) is 2. The van der Waals surface area contributed by atoms with Crippen molar-refractivity contribution in [3.05, 3.63) is 40.4 Å². The molecule has 5 nitrogen and oxygen atoms in total. The Balaban J connectivity index is 2.75. The van der Waals surface area contributed by atoms with Gasteiger partial charge in [0, 0.05) is 11.6 Å². The molecule has 0 bridgehead atoms. The number of carbonyl (C=O) groups is 1. The summed E-state index contributed by atoms with van der Waals surface area (Å²) in [6.45, 7) is 0. The molecular weight excluding hydrogens is 184 g/mol. The summed E-state index contributed by atoms with van der Waals surface area (Å²) in [5.74, 6) is -1.03. The van der Waals surface area contributed by atoms with Crippen molar-refractivity contribution in [3.63, 3.8) is 0 Å². The Kier molecular flexibility index (Phi) is 1.78. The third-order valence-electron chi connectivity index (χ3n) is 1.85. The fraction of sp³-hybridized carbons (Fsp3) is 0. The Morgan fingerprint density at radius 1 is 1.43 bits per heavy atom. The highest BCUT2D eigenvalue weighted by Crippen LogP contribution is 2.10. The molecule has 1 heterocycles. The molecule has 0 unspecified atom stereocenters. The third kappa shape index (κ3) is 1.35. The first kappa shape index (κ1) is 8.43. The summed E-state index contributed by atoms with van der Waals surface area (Å²) in [6, 6.07) is 4.43. The number of carboxylic acid groups (broad SMARTS) is 1. The number of aromatic nitrogens is 2. The van der Waals surface area contributed by atoms with Crippen LogP contribution in [0.5, 0.6) is 0 Å². The Morgan fingerprint density at radius 2 is 2.21 bits per heavy atom. The standard InChI is InChI=1S/C9H6N2O3/c12-8(13)5-1-2-6-4-10-9(14)11-7(6)3-5/h1-4H,(H,12,13)(H,10,11,14). The highest BCUT2D eigenvalue weighted by molar-refractivity contribution is 5.92. The predicted molar refractivity (Wildman–Crippen MR) is 49.3 cm³/mol. The van der Waals surface area contributed by atoms with Gasteiger partial charge >= 0.3 is 11.7 Å². The normalized spacial score (nSPS) is 10.3. The highest BCUT2D eigenvalue weighted by atomic mass is 16.4. The van der Waals surface area contributed by atoms with Gasteiger partial charge in [-0.25, -0.2) is 9.59 Å². The fourth-order valence-electron chi connectivity index (χ4n) is 1.18. The summed E-state index contributed by atoms with van der Waals surface area (Å²) in [6.07, 6.45) is 1.50. The van der Waals surface area contributed by atoms with E-state index in [0.717, 1.165) is 0 Å². The molecule has 5 heteroatoms. The van der Waals surface area contributed by atoms with E-state index in [-0.39, 0.29) is 5.56 Å². The van der Waals surface area contributed by atoms with Crippen LogP contribution >= 0.6 is 0 Å². The number of nitrogens with zero attached hydrogens (tertiary/aromatic N) is 1. The van der Waals surface area contributed by atoms with Gasteiger partial charge in [-0.2, -0.15) is 4.98 Å². The van der Waals surface area contributed by atoms with Crippen molar-refractivity contribution in [1.29, 1.82) is 0 Å². The minimum absolute atomic E-state index is 0.121. The Morgan fingerprint density at radius 3 is 2.93 bits per heavy atom. The molecule has 14 heavy (non-hydrogen) atoms. The number of benzene rings is 1. The van der Waals surface area contributed by atoms with Crippen LogP contribution in [-0.2, 0) is 0 Å². The molecular formula is C9H6N2O3. The van der Waals surface area contributed by atoms with Crippen molar-refractivity contribution in [2.75, 3.05) is 0 Å². The summed E-state index contributed by atoms with van der Waals surface area (Å²) in [5, 5.41) is 9.40. The molecule has 0 saturated heterocycles. The summed E-state index contributed by atoms with van der Waals surface area (Å²) in [4.78, 5) is 27.5. The van der Waals surface area contributed by atoms with E-state index in [0.29, 0.717) is 10.9 Å². The molecule has 0 spiro atoms. The summed E-state index contributed by atoms with van der Waals surface area (Å²) in [7, 11) is 0. The molecule has 2 aromatic rings. The van der Waals surface area contributed by atoms with E-state index in [9.17, 15) is 9.59 Å². The lowest BCUT2D eigenvalue weighted by Crippen LogP contribution is -2.09. The topological polar surface area (TPSA) is 83.0 Å². The van der Waals surface area contributed by atoms with E-state index in [1.54, 1.807) is 6.07 Å². The second-order valence-corrected chi connectivity index (χ2v) is 2.78. The summed E-state index contributed by atoms with van der Waals surface area (Å²) in [5.41, 5.74) is 0.0179. The van der Waals surface area contributed by atoms with Gasteiger partial charge in [0.25, 0.3) is 0 Å². The van der Waals surface area contributed by atoms with Crippen molar-refractivity contribution in [3.8, 4) is 0 Å². The zero-order chi connectivity index (χ0) is 10.1. The third-order valence-corrected chi connectivity index (χ3v) is 1.85. The van der Waals surface area contributed by atoms with Gasteiger partial charge in [0.05, 0.1) is 11.1 Å². The molecule has 0 atom stereocenters. The van der Waals surface area contributed by atoms with Crippen LogP contribution in [0.1, 0.15) is 10.4 Å². The number of aromatic amines is 1. The van der Waals surface area contributed by atoms with Gasteiger partial charge < -0.3 is 10.1 Å². The van der Waals surface area contributed by atoms with E-state index < -0.39 is 11.7 Å². The molecule has 2 N–H and O–H groups in total. The van der Waals surface area contributed by atoms with Crippen molar-refractivity contribution in [2.45, 2.75) is 0 Å². The largest absolute Gasteiger partial charge is 0.478 e. The monoisotopic (exact) mass is 190 g/mol.